The Morgan fingerprint density at radius 1 is 1.35 bits per heavy atom. The molecule has 0 unspecified atom stereocenters. The van der Waals surface area contributed by atoms with Crippen LogP contribution in [-0.4, -0.2) is 41.9 Å². The molecule has 0 atom stereocenters. The molecule has 1 fully saturated rings. The monoisotopic (exact) mass is 236 g/mol. The summed E-state index contributed by atoms with van der Waals surface area (Å²) >= 11 is 0. The number of amides is 1. The number of hydrogen-bond donors (Lipinski definition) is 0. The fourth-order valence-corrected chi connectivity index (χ4v) is 2.11. The maximum atomic E-state index is 11.8. The average molecular weight is 236 g/mol. The lowest BCUT2D eigenvalue weighted by Crippen LogP contribution is -2.49. The van der Waals surface area contributed by atoms with Crippen molar-refractivity contribution in [3.63, 3.8) is 0 Å². The van der Waals surface area contributed by atoms with Gasteiger partial charge in [-0.1, -0.05) is 13.8 Å². The van der Waals surface area contributed by atoms with Crippen molar-refractivity contribution in [2.45, 2.75) is 20.4 Å². The van der Waals surface area contributed by atoms with E-state index in [1.807, 2.05) is 30.9 Å². The van der Waals surface area contributed by atoms with Crippen molar-refractivity contribution in [2.24, 2.45) is 5.92 Å². The van der Waals surface area contributed by atoms with Crippen LogP contribution >= 0.6 is 0 Å². The molecule has 1 aliphatic heterocycles. The molecule has 1 aromatic heterocycles. The highest BCUT2D eigenvalue weighted by molar-refractivity contribution is 5.78. The summed E-state index contributed by atoms with van der Waals surface area (Å²) in [5.41, 5.74) is 0. The summed E-state index contributed by atoms with van der Waals surface area (Å²) < 4.78 is 5.33. The first-order valence-electron chi connectivity index (χ1n) is 6.20. The molecule has 2 heterocycles. The van der Waals surface area contributed by atoms with E-state index in [2.05, 4.69) is 4.90 Å². The first kappa shape index (κ1) is 12.2. The number of hydrogen-bond acceptors (Lipinski definition) is 3. The summed E-state index contributed by atoms with van der Waals surface area (Å²) in [5, 5.41) is 0. The molecule has 1 amide bonds. The van der Waals surface area contributed by atoms with Gasteiger partial charge in [-0.3, -0.25) is 9.69 Å². The molecule has 0 N–H and O–H groups in total. The molecule has 1 saturated heterocycles. The lowest BCUT2D eigenvalue weighted by molar-refractivity contribution is -0.136. The normalized spacial score (nSPS) is 17.7. The zero-order valence-electron chi connectivity index (χ0n) is 10.6. The highest BCUT2D eigenvalue weighted by Crippen LogP contribution is 2.10. The van der Waals surface area contributed by atoms with Crippen molar-refractivity contribution in [1.82, 2.24) is 9.80 Å². The van der Waals surface area contributed by atoms with Gasteiger partial charge in [0.1, 0.15) is 5.76 Å². The highest BCUT2D eigenvalue weighted by atomic mass is 16.3. The van der Waals surface area contributed by atoms with Crippen LogP contribution in [0.2, 0.25) is 0 Å². The summed E-state index contributed by atoms with van der Waals surface area (Å²) in [6, 6.07) is 3.90. The molecule has 17 heavy (non-hydrogen) atoms. The smallest absolute Gasteiger partial charge is 0.225 e. The van der Waals surface area contributed by atoms with Crippen molar-refractivity contribution in [1.29, 1.82) is 0 Å². The molecule has 0 saturated carbocycles. The molecule has 0 bridgehead atoms. The van der Waals surface area contributed by atoms with Gasteiger partial charge in [0.15, 0.2) is 0 Å². The maximum Gasteiger partial charge on any atom is 0.225 e. The van der Waals surface area contributed by atoms with Crippen molar-refractivity contribution in [3.05, 3.63) is 24.2 Å². The first-order valence-corrected chi connectivity index (χ1v) is 6.20. The Bertz CT molecular complexity index is 352. The Morgan fingerprint density at radius 2 is 2.06 bits per heavy atom. The molecule has 4 heteroatoms. The Labute approximate surface area is 102 Å². The van der Waals surface area contributed by atoms with Crippen LogP contribution in [0.1, 0.15) is 19.6 Å². The van der Waals surface area contributed by atoms with Gasteiger partial charge in [-0.15, -0.1) is 0 Å². The Kier molecular flexibility index (Phi) is 3.84. The van der Waals surface area contributed by atoms with E-state index in [0.717, 1.165) is 38.5 Å². The standard InChI is InChI=1S/C13H20N2O2/c1-11(2)13(16)15-7-5-14(6-8-15)10-12-4-3-9-17-12/h3-4,9,11H,5-8,10H2,1-2H3. The average Bonchev–Trinajstić information content (AvgIpc) is 2.82. The minimum absolute atomic E-state index is 0.103. The Balaban J connectivity index is 1.80. The second kappa shape index (κ2) is 5.36. The molecule has 1 aromatic rings. The predicted octanol–water partition coefficient (Wildman–Crippen LogP) is 1.58. The first-order chi connectivity index (χ1) is 8.16. The third-order valence-corrected chi connectivity index (χ3v) is 3.14. The summed E-state index contributed by atoms with van der Waals surface area (Å²) in [6.07, 6.45) is 1.70. The molecular formula is C13H20N2O2. The van der Waals surface area contributed by atoms with Crippen LogP contribution in [0.25, 0.3) is 0 Å². The molecule has 0 aliphatic carbocycles. The van der Waals surface area contributed by atoms with E-state index >= 15 is 0 Å². The van der Waals surface area contributed by atoms with Crippen LogP contribution < -0.4 is 0 Å². The molecule has 94 valence electrons. The summed E-state index contributed by atoms with van der Waals surface area (Å²) in [4.78, 5) is 16.1. The van der Waals surface area contributed by atoms with Gasteiger partial charge in [0.25, 0.3) is 0 Å². The number of nitrogens with zero attached hydrogens (tertiary/aromatic N) is 2. The minimum Gasteiger partial charge on any atom is -0.468 e. The SMILES string of the molecule is CC(C)C(=O)N1CCN(Cc2ccco2)CC1. The van der Waals surface area contributed by atoms with Crippen molar-refractivity contribution < 1.29 is 9.21 Å². The van der Waals surface area contributed by atoms with Gasteiger partial charge in [0.05, 0.1) is 12.8 Å². The largest absolute Gasteiger partial charge is 0.468 e. The molecule has 4 nitrogen and oxygen atoms in total. The van der Waals surface area contributed by atoms with E-state index < -0.39 is 0 Å². The van der Waals surface area contributed by atoms with Crippen molar-refractivity contribution in [3.8, 4) is 0 Å². The number of piperazine rings is 1. The van der Waals surface area contributed by atoms with E-state index in [1.54, 1.807) is 6.26 Å². The van der Waals surface area contributed by atoms with E-state index in [-0.39, 0.29) is 11.8 Å². The lowest BCUT2D eigenvalue weighted by Gasteiger charge is -2.35. The van der Waals surface area contributed by atoms with Crippen LogP contribution in [-0.2, 0) is 11.3 Å². The van der Waals surface area contributed by atoms with Gasteiger partial charge in [0, 0.05) is 32.1 Å². The van der Waals surface area contributed by atoms with Crippen LogP contribution in [0.15, 0.2) is 22.8 Å². The molecule has 2 rings (SSSR count). The van der Waals surface area contributed by atoms with Gasteiger partial charge in [-0.25, -0.2) is 0 Å². The second-order valence-electron chi connectivity index (χ2n) is 4.84. The van der Waals surface area contributed by atoms with Gasteiger partial charge in [-0.05, 0) is 12.1 Å². The van der Waals surface area contributed by atoms with Gasteiger partial charge in [-0.2, -0.15) is 0 Å². The number of carbonyl (C=O) groups is 1. The molecule has 0 aromatic carbocycles. The van der Waals surface area contributed by atoms with Crippen LogP contribution in [0.3, 0.4) is 0 Å². The van der Waals surface area contributed by atoms with Gasteiger partial charge < -0.3 is 9.32 Å². The topological polar surface area (TPSA) is 36.7 Å². The number of furan rings is 1. The third kappa shape index (κ3) is 3.09. The van der Waals surface area contributed by atoms with Crippen molar-refractivity contribution in [2.75, 3.05) is 26.2 Å². The number of rotatable bonds is 3. The van der Waals surface area contributed by atoms with Gasteiger partial charge >= 0.3 is 0 Å². The molecular weight excluding hydrogens is 216 g/mol. The predicted molar refractivity (Wildman–Crippen MR) is 65.4 cm³/mol. The summed E-state index contributed by atoms with van der Waals surface area (Å²) in [6.45, 7) is 8.28. The van der Waals surface area contributed by atoms with Gasteiger partial charge in [0.2, 0.25) is 5.91 Å². The van der Waals surface area contributed by atoms with Crippen LogP contribution in [0.5, 0.6) is 0 Å². The van der Waals surface area contributed by atoms with E-state index in [4.69, 9.17) is 4.42 Å². The Morgan fingerprint density at radius 3 is 2.59 bits per heavy atom. The molecule has 0 radical (unpaired) electrons. The lowest BCUT2D eigenvalue weighted by atomic mass is 10.1. The van der Waals surface area contributed by atoms with Crippen molar-refractivity contribution >= 4 is 5.91 Å². The van der Waals surface area contributed by atoms with E-state index in [1.165, 1.54) is 0 Å². The quantitative estimate of drug-likeness (QED) is 0.799. The van der Waals surface area contributed by atoms with E-state index in [9.17, 15) is 4.79 Å². The van der Waals surface area contributed by atoms with Crippen LogP contribution in [0, 0.1) is 5.92 Å². The fourth-order valence-electron chi connectivity index (χ4n) is 2.11. The highest BCUT2D eigenvalue weighted by Gasteiger charge is 2.22. The fraction of sp³-hybridized carbons (Fsp3) is 0.615. The third-order valence-electron chi connectivity index (χ3n) is 3.14. The van der Waals surface area contributed by atoms with Crippen LogP contribution in [0.4, 0.5) is 0 Å². The minimum atomic E-state index is 0.103. The molecule has 1 aliphatic rings. The zero-order chi connectivity index (χ0) is 12.3. The molecule has 0 spiro atoms. The number of carbonyl (C=O) groups excluding carboxylic acids is 1. The zero-order valence-corrected chi connectivity index (χ0v) is 10.6. The Hall–Kier alpha value is -1.29. The maximum absolute atomic E-state index is 11.8. The second-order valence-corrected chi connectivity index (χ2v) is 4.84. The van der Waals surface area contributed by atoms with E-state index in [0.29, 0.717) is 0 Å². The summed E-state index contributed by atoms with van der Waals surface area (Å²) in [5.74, 6) is 1.36. The summed E-state index contributed by atoms with van der Waals surface area (Å²) in [7, 11) is 0.